The molecule has 0 aliphatic carbocycles. The van der Waals surface area contributed by atoms with Crippen LogP contribution in [0.25, 0.3) is 5.57 Å². The summed E-state index contributed by atoms with van der Waals surface area (Å²) < 4.78 is 39.5. The van der Waals surface area contributed by atoms with Gasteiger partial charge in [-0.05, 0) is 53.8 Å². The van der Waals surface area contributed by atoms with Crippen LogP contribution >= 0.6 is 11.3 Å². The quantitative estimate of drug-likeness (QED) is 0.514. The summed E-state index contributed by atoms with van der Waals surface area (Å²) in [6.07, 6.45) is -3.74. The summed E-state index contributed by atoms with van der Waals surface area (Å²) in [7, 11) is 0. The van der Waals surface area contributed by atoms with Crippen LogP contribution in [-0.2, 0) is 22.2 Å². The van der Waals surface area contributed by atoms with E-state index in [4.69, 9.17) is 0 Å². The standard InChI is InChI=1S/C23H17F3N2O2S/c1-2-14-8-10-16(11-9-14)27-20-19(18-7-4-12-31-18)21(29)28(22(20)30)17-6-3-5-15(13-17)23(24,25)26/h3-13,27H,2H2,1H3. The van der Waals surface area contributed by atoms with Gasteiger partial charge in [-0.3, -0.25) is 9.59 Å². The highest BCUT2D eigenvalue weighted by atomic mass is 32.1. The van der Waals surface area contributed by atoms with E-state index in [9.17, 15) is 22.8 Å². The maximum atomic E-state index is 13.2. The second-order valence-corrected chi connectivity index (χ2v) is 7.84. The summed E-state index contributed by atoms with van der Waals surface area (Å²) in [5, 5.41) is 4.77. The molecule has 1 aromatic heterocycles. The molecule has 4 nitrogen and oxygen atoms in total. The van der Waals surface area contributed by atoms with Crippen molar-refractivity contribution in [3.63, 3.8) is 0 Å². The summed E-state index contributed by atoms with van der Waals surface area (Å²) >= 11 is 1.27. The third-order valence-corrected chi connectivity index (χ3v) is 5.80. The zero-order valence-electron chi connectivity index (χ0n) is 16.4. The fraction of sp³-hybridized carbons (Fsp3) is 0.130. The van der Waals surface area contributed by atoms with Crippen molar-refractivity contribution in [1.29, 1.82) is 0 Å². The summed E-state index contributed by atoms with van der Waals surface area (Å²) in [5.41, 5.74) is 0.827. The number of hydrogen-bond donors (Lipinski definition) is 1. The summed E-state index contributed by atoms with van der Waals surface area (Å²) in [4.78, 5) is 27.8. The van der Waals surface area contributed by atoms with E-state index in [1.807, 2.05) is 19.1 Å². The Hall–Kier alpha value is -3.39. The van der Waals surface area contributed by atoms with Crippen molar-refractivity contribution in [3.05, 3.63) is 87.7 Å². The molecule has 0 bridgehead atoms. The molecule has 2 aromatic carbocycles. The molecule has 4 rings (SSSR count). The SMILES string of the molecule is CCc1ccc(NC2=C(c3cccs3)C(=O)N(c3cccc(C(F)(F)F)c3)C2=O)cc1. The second kappa shape index (κ2) is 8.03. The fourth-order valence-electron chi connectivity index (χ4n) is 3.32. The van der Waals surface area contributed by atoms with Crippen molar-refractivity contribution in [2.45, 2.75) is 19.5 Å². The molecule has 1 N–H and O–H groups in total. The number of amides is 2. The molecule has 31 heavy (non-hydrogen) atoms. The van der Waals surface area contributed by atoms with Gasteiger partial charge in [0.2, 0.25) is 0 Å². The number of anilines is 2. The molecule has 0 unspecified atom stereocenters. The number of benzene rings is 2. The van der Waals surface area contributed by atoms with Gasteiger partial charge in [-0.15, -0.1) is 11.3 Å². The predicted octanol–water partition coefficient (Wildman–Crippen LogP) is 5.73. The monoisotopic (exact) mass is 442 g/mol. The average molecular weight is 442 g/mol. The Labute approximate surface area is 180 Å². The highest BCUT2D eigenvalue weighted by molar-refractivity contribution is 7.11. The molecule has 2 amide bonds. The molecule has 0 fully saturated rings. The molecule has 1 aliphatic heterocycles. The minimum Gasteiger partial charge on any atom is -0.350 e. The summed E-state index contributed by atoms with van der Waals surface area (Å²) in [6.45, 7) is 2.02. The van der Waals surface area contributed by atoms with Crippen LogP contribution in [0.3, 0.4) is 0 Å². The maximum absolute atomic E-state index is 13.2. The molecule has 8 heteroatoms. The number of thiophene rings is 1. The predicted molar refractivity (Wildman–Crippen MR) is 115 cm³/mol. The Morgan fingerprint density at radius 1 is 0.968 bits per heavy atom. The number of nitrogens with one attached hydrogen (secondary N) is 1. The van der Waals surface area contributed by atoms with Crippen LogP contribution in [0.5, 0.6) is 0 Å². The second-order valence-electron chi connectivity index (χ2n) is 6.90. The number of rotatable bonds is 5. The normalized spacial score (nSPS) is 14.5. The Morgan fingerprint density at radius 2 is 1.71 bits per heavy atom. The van der Waals surface area contributed by atoms with Crippen LogP contribution in [0.1, 0.15) is 22.9 Å². The van der Waals surface area contributed by atoms with Gasteiger partial charge in [0, 0.05) is 10.6 Å². The van der Waals surface area contributed by atoms with Crippen molar-refractivity contribution in [1.82, 2.24) is 0 Å². The lowest BCUT2D eigenvalue weighted by molar-refractivity contribution is -0.137. The molecule has 1 aliphatic rings. The third-order valence-electron chi connectivity index (χ3n) is 4.91. The first-order valence-corrected chi connectivity index (χ1v) is 10.4. The summed E-state index contributed by atoms with van der Waals surface area (Å²) in [5.74, 6) is -1.37. The van der Waals surface area contributed by atoms with Crippen LogP contribution in [0, 0.1) is 0 Å². The number of carbonyl (C=O) groups is 2. The van der Waals surface area contributed by atoms with Gasteiger partial charge in [0.25, 0.3) is 11.8 Å². The van der Waals surface area contributed by atoms with Gasteiger partial charge >= 0.3 is 6.18 Å². The minimum absolute atomic E-state index is 0.0362. The van der Waals surface area contributed by atoms with Gasteiger partial charge in [-0.2, -0.15) is 13.2 Å². The van der Waals surface area contributed by atoms with Crippen molar-refractivity contribution in [2.75, 3.05) is 10.2 Å². The van der Waals surface area contributed by atoms with E-state index in [0.29, 0.717) is 10.6 Å². The first kappa shape index (κ1) is 20.9. The van der Waals surface area contributed by atoms with Crippen LogP contribution in [0.4, 0.5) is 24.5 Å². The molecule has 0 saturated heterocycles. The molecule has 0 radical (unpaired) electrons. The highest BCUT2D eigenvalue weighted by Crippen LogP contribution is 2.37. The lowest BCUT2D eigenvalue weighted by atomic mass is 10.1. The molecule has 0 atom stereocenters. The Morgan fingerprint density at radius 3 is 2.32 bits per heavy atom. The number of aryl methyl sites for hydroxylation is 1. The van der Waals surface area contributed by atoms with Gasteiger partial charge in [0.05, 0.1) is 16.8 Å². The molecular weight excluding hydrogens is 425 g/mol. The van der Waals surface area contributed by atoms with E-state index in [0.717, 1.165) is 29.0 Å². The number of imide groups is 1. The van der Waals surface area contributed by atoms with E-state index < -0.39 is 23.6 Å². The molecule has 158 valence electrons. The Bertz CT molecular complexity index is 1170. The van der Waals surface area contributed by atoms with Gasteiger partial charge in [0.1, 0.15) is 5.70 Å². The molecular formula is C23H17F3N2O2S. The molecule has 2 heterocycles. The smallest absolute Gasteiger partial charge is 0.350 e. The largest absolute Gasteiger partial charge is 0.416 e. The van der Waals surface area contributed by atoms with Gasteiger partial charge in [-0.1, -0.05) is 31.2 Å². The zero-order chi connectivity index (χ0) is 22.2. The molecule has 3 aromatic rings. The van der Waals surface area contributed by atoms with Gasteiger partial charge in [0.15, 0.2) is 0 Å². The number of carbonyl (C=O) groups excluding carboxylic acids is 2. The van der Waals surface area contributed by atoms with Crippen LogP contribution in [0.2, 0.25) is 0 Å². The number of nitrogens with zero attached hydrogens (tertiary/aromatic N) is 1. The molecule has 0 saturated carbocycles. The Kier molecular flexibility index (Phi) is 5.41. The van der Waals surface area contributed by atoms with Crippen LogP contribution < -0.4 is 10.2 Å². The van der Waals surface area contributed by atoms with E-state index >= 15 is 0 Å². The first-order chi connectivity index (χ1) is 14.8. The van der Waals surface area contributed by atoms with Crippen molar-refractivity contribution < 1.29 is 22.8 Å². The maximum Gasteiger partial charge on any atom is 0.416 e. The Balaban J connectivity index is 1.76. The fourth-order valence-corrected chi connectivity index (χ4v) is 4.09. The molecule has 0 spiro atoms. The number of hydrogen-bond acceptors (Lipinski definition) is 4. The number of alkyl halides is 3. The van der Waals surface area contributed by atoms with Gasteiger partial charge < -0.3 is 5.32 Å². The number of halogens is 3. The van der Waals surface area contributed by atoms with E-state index in [1.54, 1.807) is 29.6 Å². The van der Waals surface area contributed by atoms with E-state index in [1.165, 1.54) is 23.5 Å². The van der Waals surface area contributed by atoms with Gasteiger partial charge in [-0.25, -0.2) is 4.90 Å². The zero-order valence-corrected chi connectivity index (χ0v) is 17.2. The minimum atomic E-state index is -4.59. The topological polar surface area (TPSA) is 49.4 Å². The average Bonchev–Trinajstić information content (AvgIpc) is 3.35. The first-order valence-electron chi connectivity index (χ1n) is 9.49. The summed E-state index contributed by atoms with van der Waals surface area (Å²) in [6, 6.07) is 15.0. The van der Waals surface area contributed by atoms with Crippen LogP contribution in [-0.4, -0.2) is 11.8 Å². The lowest BCUT2D eigenvalue weighted by Gasteiger charge is -2.17. The van der Waals surface area contributed by atoms with Crippen molar-refractivity contribution in [2.24, 2.45) is 0 Å². The highest BCUT2D eigenvalue weighted by Gasteiger charge is 2.41. The van der Waals surface area contributed by atoms with E-state index in [2.05, 4.69) is 5.32 Å². The third kappa shape index (κ3) is 3.98. The lowest BCUT2D eigenvalue weighted by Crippen LogP contribution is -2.32. The van der Waals surface area contributed by atoms with Crippen molar-refractivity contribution >= 4 is 40.1 Å². The van der Waals surface area contributed by atoms with Crippen molar-refractivity contribution in [3.8, 4) is 0 Å². The van der Waals surface area contributed by atoms with E-state index in [-0.39, 0.29) is 17.0 Å². The van der Waals surface area contributed by atoms with Crippen LogP contribution in [0.15, 0.2) is 71.7 Å².